The van der Waals surface area contributed by atoms with Gasteiger partial charge < -0.3 is 4.90 Å². The van der Waals surface area contributed by atoms with Crippen LogP contribution in [0, 0.1) is 0 Å². The van der Waals surface area contributed by atoms with Gasteiger partial charge in [-0.3, -0.25) is 0 Å². The molecular formula is C78H65N. The van der Waals surface area contributed by atoms with Crippen molar-refractivity contribution >= 4 is 17.1 Å². The number of fused-ring (bicyclic) bond motifs is 13. The Morgan fingerprint density at radius 2 is 0.734 bits per heavy atom. The van der Waals surface area contributed by atoms with Crippen LogP contribution in [0.4, 0.5) is 17.1 Å². The van der Waals surface area contributed by atoms with Crippen molar-refractivity contribution in [3.05, 3.63) is 293 Å². The van der Waals surface area contributed by atoms with Crippen LogP contribution < -0.4 is 4.90 Å². The van der Waals surface area contributed by atoms with E-state index in [-0.39, 0.29) is 16.2 Å². The predicted molar refractivity (Wildman–Crippen MR) is 334 cm³/mol. The monoisotopic (exact) mass is 1020 g/mol. The van der Waals surface area contributed by atoms with Crippen molar-refractivity contribution in [2.45, 2.75) is 77.0 Å². The molecule has 0 amide bonds. The van der Waals surface area contributed by atoms with E-state index in [2.05, 4.69) is 309 Å². The molecule has 0 bridgehead atoms. The zero-order chi connectivity index (χ0) is 54.0. The van der Waals surface area contributed by atoms with Gasteiger partial charge >= 0.3 is 0 Å². The summed E-state index contributed by atoms with van der Waals surface area (Å²) in [5.74, 6) is 0. The van der Waals surface area contributed by atoms with Gasteiger partial charge in [-0.2, -0.15) is 0 Å². The first kappa shape index (κ1) is 48.6. The quantitative estimate of drug-likeness (QED) is 0.154. The SMILES string of the molecule is CC(C)(C)c1ccc2c(c1)C1(c3ccccc3-c3cc(-c4ccc(N(c5ccccc5-c5ccccc5-c5ccccc5)c5ccccc5-c5cccc6c5-c5ccccc5C6(C)C)cc4)ccc31)c1cc(C(C)(C)C)ccc1-2. The third kappa shape index (κ3) is 7.43. The summed E-state index contributed by atoms with van der Waals surface area (Å²) >= 11 is 0. The third-order valence-electron chi connectivity index (χ3n) is 17.9. The molecule has 0 N–H and O–H groups in total. The van der Waals surface area contributed by atoms with Crippen LogP contribution in [0.1, 0.15) is 99.9 Å². The molecule has 0 radical (unpaired) electrons. The summed E-state index contributed by atoms with van der Waals surface area (Å²) in [6.45, 7) is 18.8. The summed E-state index contributed by atoms with van der Waals surface area (Å²) in [5, 5.41) is 0. The summed E-state index contributed by atoms with van der Waals surface area (Å²) in [4.78, 5) is 2.51. The standard InChI is InChI=1S/C78H65N/c1-75(2,3)53-40-44-59-60-45-41-54(76(4,5)6)49-71(60)78(70(59)48-53)67-33-19-14-27-58(67)65-47-52(39-46-68(65)78)50-37-42-55(43-38-50)79(72-35-20-16-28-61(72)57-26-13-12-25-56(57)51-23-10-9-11-24-51)73-36-21-17-29-62(73)63-31-22-34-69-74(63)64-30-15-18-32-66(64)77(69,7)8/h9-49H,1-8H3. The molecule has 0 saturated heterocycles. The number of anilines is 3. The van der Waals surface area contributed by atoms with Crippen molar-refractivity contribution in [3.63, 3.8) is 0 Å². The first-order valence-corrected chi connectivity index (χ1v) is 28.2. The Hall–Kier alpha value is -8.78. The van der Waals surface area contributed by atoms with E-state index in [4.69, 9.17) is 0 Å². The highest BCUT2D eigenvalue weighted by molar-refractivity contribution is 6.02. The van der Waals surface area contributed by atoms with E-state index < -0.39 is 5.41 Å². The third-order valence-corrected chi connectivity index (χ3v) is 17.9. The fourth-order valence-corrected chi connectivity index (χ4v) is 13.9. The molecule has 11 aromatic rings. The predicted octanol–water partition coefficient (Wildman–Crippen LogP) is 21.1. The number of benzene rings is 11. The summed E-state index contributed by atoms with van der Waals surface area (Å²) in [5.41, 5.74) is 31.2. The number of rotatable bonds is 7. The lowest BCUT2D eigenvalue weighted by Crippen LogP contribution is -2.27. The van der Waals surface area contributed by atoms with Crippen molar-refractivity contribution < 1.29 is 0 Å². The van der Waals surface area contributed by atoms with Crippen LogP contribution in [-0.2, 0) is 21.7 Å². The minimum atomic E-state index is -0.446. The van der Waals surface area contributed by atoms with Crippen molar-refractivity contribution in [2.24, 2.45) is 0 Å². The van der Waals surface area contributed by atoms with Crippen molar-refractivity contribution in [1.29, 1.82) is 0 Å². The van der Waals surface area contributed by atoms with Crippen LogP contribution >= 0.6 is 0 Å². The summed E-state index contributed by atoms with van der Waals surface area (Å²) < 4.78 is 0. The molecule has 0 aromatic heterocycles. The van der Waals surface area contributed by atoms with E-state index in [1.807, 2.05) is 0 Å². The average Bonchev–Trinajstić information content (AvgIpc) is 3.22. The maximum Gasteiger partial charge on any atom is 0.0725 e. The van der Waals surface area contributed by atoms with Gasteiger partial charge in [-0.25, -0.2) is 0 Å². The van der Waals surface area contributed by atoms with Gasteiger partial charge in [0.1, 0.15) is 0 Å². The lowest BCUT2D eigenvalue weighted by molar-refractivity contribution is 0.586. The highest BCUT2D eigenvalue weighted by Gasteiger charge is 2.52. The smallest absolute Gasteiger partial charge is 0.0725 e. The van der Waals surface area contributed by atoms with Crippen LogP contribution in [0.3, 0.4) is 0 Å². The molecule has 3 aliphatic carbocycles. The molecule has 0 saturated carbocycles. The molecule has 1 nitrogen and oxygen atoms in total. The van der Waals surface area contributed by atoms with E-state index in [0.717, 1.165) is 22.6 Å². The zero-order valence-corrected chi connectivity index (χ0v) is 46.6. The van der Waals surface area contributed by atoms with Crippen LogP contribution in [0.5, 0.6) is 0 Å². The zero-order valence-electron chi connectivity index (χ0n) is 46.6. The molecule has 0 heterocycles. The second-order valence-corrected chi connectivity index (χ2v) is 24.8. The molecule has 3 aliphatic rings. The highest BCUT2D eigenvalue weighted by Crippen LogP contribution is 2.64. The fraction of sp³-hybridized carbons (Fsp3) is 0.154. The van der Waals surface area contributed by atoms with Gasteiger partial charge in [0, 0.05) is 22.2 Å². The van der Waals surface area contributed by atoms with Gasteiger partial charge in [-0.1, -0.05) is 274 Å². The number of hydrogen-bond donors (Lipinski definition) is 0. The van der Waals surface area contributed by atoms with E-state index in [0.29, 0.717) is 0 Å². The van der Waals surface area contributed by atoms with Crippen LogP contribution in [0.15, 0.2) is 249 Å². The fourth-order valence-electron chi connectivity index (χ4n) is 13.9. The second-order valence-electron chi connectivity index (χ2n) is 24.8. The van der Waals surface area contributed by atoms with Crippen LogP contribution in [0.2, 0.25) is 0 Å². The molecule has 1 heteroatoms. The van der Waals surface area contributed by atoms with Gasteiger partial charge in [-0.15, -0.1) is 0 Å². The minimum Gasteiger partial charge on any atom is -0.309 e. The largest absolute Gasteiger partial charge is 0.309 e. The molecule has 0 atom stereocenters. The Morgan fingerprint density at radius 3 is 1.35 bits per heavy atom. The lowest BCUT2D eigenvalue weighted by Gasteiger charge is -2.33. The van der Waals surface area contributed by atoms with Gasteiger partial charge in [0.2, 0.25) is 0 Å². The van der Waals surface area contributed by atoms with Gasteiger partial charge in [0.25, 0.3) is 0 Å². The Balaban J connectivity index is 0.947. The molecule has 79 heavy (non-hydrogen) atoms. The van der Waals surface area contributed by atoms with Gasteiger partial charge in [0.15, 0.2) is 0 Å². The van der Waals surface area contributed by atoms with Crippen molar-refractivity contribution in [1.82, 2.24) is 0 Å². The molecule has 0 unspecified atom stereocenters. The maximum atomic E-state index is 2.54. The molecule has 14 rings (SSSR count). The van der Waals surface area contributed by atoms with Gasteiger partial charge in [0.05, 0.1) is 16.8 Å². The summed E-state index contributed by atoms with van der Waals surface area (Å²) in [7, 11) is 0. The first-order chi connectivity index (χ1) is 38.2. The van der Waals surface area contributed by atoms with Gasteiger partial charge in [-0.05, 0) is 152 Å². The average molecular weight is 1020 g/mol. The molecule has 1 spiro atoms. The minimum absolute atomic E-state index is 0.00405. The van der Waals surface area contributed by atoms with E-state index in [1.165, 1.54) is 117 Å². The lowest BCUT2D eigenvalue weighted by atomic mass is 9.68. The van der Waals surface area contributed by atoms with E-state index in [1.54, 1.807) is 0 Å². The maximum absolute atomic E-state index is 2.54. The van der Waals surface area contributed by atoms with Crippen LogP contribution in [0.25, 0.3) is 77.9 Å². The molecular weight excluding hydrogens is 951 g/mol. The second kappa shape index (κ2) is 17.9. The van der Waals surface area contributed by atoms with Crippen molar-refractivity contribution in [2.75, 3.05) is 4.90 Å². The van der Waals surface area contributed by atoms with E-state index in [9.17, 15) is 0 Å². The van der Waals surface area contributed by atoms with E-state index >= 15 is 0 Å². The Labute approximate surface area is 467 Å². The molecule has 0 fully saturated rings. The van der Waals surface area contributed by atoms with Crippen molar-refractivity contribution in [3.8, 4) is 77.9 Å². The summed E-state index contributed by atoms with van der Waals surface area (Å²) in [6, 6.07) is 94.2. The number of hydrogen-bond acceptors (Lipinski definition) is 1. The normalized spacial score (nSPS) is 14.0. The summed E-state index contributed by atoms with van der Waals surface area (Å²) in [6.07, 6.45) is 0. The molecule has 0 aliphatic heterocycles. The highest BCUT2D eigenvalue weighted by atomic mass is 15.1. The number of para-hydroxylation sites is 2. The first-order valence-electron chi connectivity index (χ1n) is 28.2. The Morgan fingerprint density at radius 1 is 0.278 bits per heavy atom. The number of nitrogens with zero attached hydrogens (tertiary/aromatic N) is 1. The Kier molecular flexibility index (Phi) is 11.0. The molecule has 382 valence electrons. The topological polar surface area (TPSA) is 3.24 Å². The Bertz CT molecular complexity index is 4170. The van der Waals surface area contributed by atoms with Crippen LogP contribution in [-0.4, -0.2) is 0 Å². The molecule has 11 aromatic carbocycles.